The van der Waals surface area contributed by atoms with Crippen molar-refractivity contribution in [2.45, 2.75) is 44.6 Å². The molecule has 4 nitrogen and oxygen atoms in total. The molecule has 1 rings (SSSR count). The molecule has 0 atom stereocenters. The van der Waals surface area contributed by atoms with Crippen LogP contribution >= 0.6 is 0 Å². The molecule has 4 heteroatoms. The summed E-state index contributed by atoms with van der Waals surface area (Å²) in [7, 11) is 2.22. The standard InChI is InChI=1S/C14H26N2O2/c1-16(13-7-3-2-4-8-13)12-6-11-15-10-5-9-14(17)18/h5,9,13,15H,2-4,6-8,10-12H2,1H3,(H,17,18)/b9-5+. The van der Waals surface area contributed by atoms with Crippen molar-refractivity contribution in [3.63, 3.8) is 0 Å². The molecule has 0 aromatic rings. The maximum Gasteiger partial charge on any atom is 0.328 e. The van der Waals surface area contributed by atoms with Gasteiger partial charge in [-0.05, 0) is 39.4 Å². The zero-order valence-electron chi connectivity index (χ0n) is 11.4. The molecule has 2 N–H and O–H groups in total. The van der Waals surface area contributed by atoms with Gasteiger partial charge in [-0.3, -0.25) is 0 Å². The van der Waals surface area contributed by atoms with Crippen molar-refractivity contribution in [1.82, 2.24) is 10.2 Å². The molecule has 0 spiro atoms. The molecule has 1 aliphatic rings. The van der Waals surface area contributed by atoms with E-state index in [9.17, 15) is 4.79 Å². The van der Waals surface area contributed by atoms with Crippen LogP contribution in [0.25, 0.3) is 0 Å². The average Bonchev–Trinajstić information content (AvgIpc) is 2.38. The minimum atomic E-state index is -0.881. The van der Waals surface area contributed by atoms with Crippen LogP contribution in [-0.2, 0) is 4.79 Å². The average molecular weight is 254 g/mol. The van der Waals surface area contributed by atoms with Crippen molar-refractivity contribution < 1.29 is 9.90 Å². The van der Waals surface area contributed by atoms with Crippen LogP contribution in [0.3, 0.4) is 0 Å². The molecule has 1 saturated carbocycles. The summed E-state index contributed by atoms with van der Waals surface area (Å²) in [6.45, 7) is 2.71. The van der Waals surface area contributed by atoms with E-state index in [4.69, 9.17) is 5.11 Å². The molecular weight excluding hydrogens is 228 g/mol. The van der Waals surface area contributed by atoms with Gasteiger partial charge in [-0.15, -0.1) is 0 Å². The molecule has 0 radical (unpaired) electrons. The van der Waals surface area contributed by atoms with Crippen LogP contribution in [0.5, 0.6) is 0 Å². The summed E-state index contributed by atoms with van der Waals surface area (Å²) in [4.78, 5) is 12.7. The molecule has 0 aliphatic heterocycles. The van der Waals surface area contributed by atoms with Gasteiger partial charge in [0.15, 0.2) is 0 Å². The van der Waals surface area contributed by atoms with Gasteiger partial charge in [0.2, 0.25) is 0 Å². The summed E-state index contributed by atoms with van der Waals surface area (Å²) in [6.07, 6.45) is 10.8. The zero-order chi connectivity index (χ0) is 13.2. The van der Waals surface area contributed by atoms with E-state index in [2.05, 4.69) is 17.3 Å². The summed E-state index contributed by atoms with van der Waals surface area (Å²) in [5, 5.41) is 11.6. The predicted octanol–water partition coefficient (Wildman–Crippen LogP) is 1.87. The van der Waals surface area contributed by atoms with Crippen LogP contribution in [0, 0.1) is 0 Å². The van der Waals surface area contributed by atoms with E-state index < -0.39 is 5.97 Å². The highest BCUT2D eigenvalue weighted by Crippen LogP contribution is 2.21. The van der Waals surface area contributed by atoms with Crippen LogP contribution in [0.1, 0.15) is 38.5 Å². The smallest absolute Gasteiger partial charge is 0.328 e. The molecule has 1 aliphatic carbocycles. The number of carboxylic acid groups (broad SMARTS) is 1. The fraction of sp³-hybridized carbons (Fsp3) is 0.786. The highest BCUT2D eigenvalue weighted by Gasteiger charge is 2.16. The van der Waals surface area contributed by atoms with Crippen LogP contribution in [0.2, 0.25) is 0 Å². The third-order valence-corrected chi connectivity index (χ3v) is 3.59. The van der Waals surface area contributed by atoms with Crippen LogP contribution in [0.4, 0.5) is 0 Å². The lowest BCUT2D eigenvalue weighted by molar-refractivity contribution is -0.131. The Bertz CT molecular complexity index is 261. The monoisotopic (exact) mass is 254 g/mol. The van der Waals surface area contributed by atoms with Crippen molar-refractivity contribution in [2.75, 3.05) is 26.7 Å². The molecule has 0 bridgehead atoms. The van der Waals surface area contributed by atoms with Gasteiger partial charge in [0, 0.05) is 18.7 Å². The van der Waals surface area contributed by atoms with Gasteiger partial charge in [-0.25, -0.2) is 4.79 Å². The lowest BCUT2D eigenvalue weighted by Gasteiger charge is -2.31. The largest absolute Gasteiger partial charge is 0.478 e. The van der Waals surface area contributed by atoms with E-state index in [0.717, 1.165) is 25.6 Å². The first-order valence-corrected chi connectivity index (χ1v) is 7.00. The summed E-state index contributed by atoms with van der Waals surface area (Å²) < 4.78 is 0. The van der Waals surface area contributed by atoms with E-state index in [1.165, 1.54) is 38.2 Å². The fourth-order valence-electron chi connectivity index (χ4n) is 2.50. The lowest BCUT2D eigenvalue weighted by Crippen LogP contribution is -2.35. The predicted molar refractivity (Wildman–Crippen MR) is 73.8 cm³/mol. The molecule has 1 fully saturated rings. The normalized spacial score (nSPS) is 17.7. The maximum atomic E-state index is 10.2. The van der Waals surface area contributed by atoms with Crippen molar-refractivity contribution in [3.05, 3.63) is 12.2 Å². The second-order valence-corrected chi connectivity index (χ2v) is 5.07. The molecule has 0 saturated heterocycles. The van der Waals surface area contributed by atoms with Gasteiger partial charge < -0.3 is 15.3 Å². The number of hydrogen-bond acceptors (Lipinski definition) is 3. The Morgan fingerprint density at radius 3 is 2.78 bits per heavy atom. The van der Waals surface area contributed by atoms with E-state index in [1.807, 2.05) is 0 Å². The van der Waals surface area contributed by atoms with Crippen molar-refractivity contribution in [2.24, 2.45) is 0 Å². The zero-order valence-corrected chi connectivity index (χ0v) is 11.4. The summed E-state index contributed by atoms with van der Waals surface area (Å²) in [6, 6.07) is 0.783. The quantitative estimate of drug-likeness (QED) is 0.513. The Kier molecular flexibility index (Phi) is 7.69. The van der Waals surface area contributed by atoms with Gasteiger partial charge in [0.25, 0.3) is 0 Å². The lowest BCUT2D eigenvalue weighted by atomic mass is 9.94. The summed E-state index contributed by atoms with van der Waals surface area (Å²) in [5.74, 6) is -0.881. The fourth-order valence-corrected chi connectivity index (χ4v) is 2.50. The first-order chi connectivity index (χ1) is 8.70. The highest BCUT2D eigenvalue weighted by molar-refractivity contribution is 5.79. The minimum Gasteiger partial charge on any atom is -0.478 e. The molecule has 0 unspecified atom stereocenters. The van der Waals surface area contributed by atoms with E-state index in [0.29, 0.717) is 6.54 Å². The van der Waals surface area contributed by atoms with Crippen LogP contribution in [0.15, 0.2) is 12.2 Å². The molecular formula is C14H26N2O2. The number of nitrogens with one attached hydrogen (secondary N) is 1. The molecule has 0 aromatic carbocycles. The Labute approximate surface area is 110 Å². The maximum absolute atomic E-state index is 10.2. The highest BCUT2D eigenvalue weighted by atomic mass is 16.4. The van der Waals surface area contributed by atoms with Crippen molar-refractivity contribution in [1.29, 1.82) is 0 Å². The van der Waals surface area contributed by atoms with Crippen LogP contribution in [-0.4, -0.2) is 48.7 Å². The third-order valence-electron chi connectivity index (χ3n) is 3.59. The molecule has 104 valence electrons. The van der Waals surface area contributed by atoms with Crippen molar-refractivity contribution in [3.8, 4) is 0 Å². The Morgan fingerprint density at radius 1 is 1.39 bits per heavy atom. The number of hydrogen-bond donors (Lipinski definition) is 2. The second-order valence-electron chi connectivity index (χ2n) is 5.07. The van der Waals surface area contributed by atoms with Gasteiger partial charge in [0.05, 0.1) is 0 Å². The molecule has 0 amide bonds. The van der Waals surface area contributed by atoms with E-state index in [-0.39, 0.29) is 0 Å². The Morgan fingerprint density at radius 2 is 2.11 bits per heavy atom. The van der Waals surface area contributed by atoms with Crippen LogP contribution < -0.4 is 5.32 Å². The number of carboxylic acids is 1. The Hall–Kier alpha value is -0.870. The number of nitrogens with zero attached hydrogens (tertiary/aromatic N) is 1. The summed E-state index contributed by atoms with van der Waals surface area (Å²) in [5.41, 5.74) is 0. The number of rotatable bonds is 8. The molecule has 0 heterocycles. The Balaban J connectivity index is 1.98. The van der Waals surface area contributed by atoms with Crippen molar-refractivity contribution >= 4 is 5.97 Å². The summed E-state index contributed by atoms with van der Waals surface area (Å²) >= 11 is 0. The van der Waals surface area contributed by atoms with E-state index >= 15 is 0 Å². The topological polar surface area (TPSA) is 52.6 Å². The van der Waals surface area contributed by atoms with Gasteiger partial charge in [0.1, 0.15) is 0 Å². The first kappa shape index (κ1) is 15.2. The third kappa shape index (κ3) is 6.77. The number of carbonyl (C=O) groups is 1. The van der Waals surface area contributed by atoms with E-state index in [1.54, 1.807) is 6.08 Å². The van der Waals surface area contributed by atoms with Gasteiger partial charge >= 0.3 is 5.97 Å². The van der Waals surface area contributed by atoms with Gasteiger partial charge in [-0.1, -0.05) is 25.3 Å². The first-order valence-electron chi connectivity index (χ1n) is 7.00. The SMILES string of the molecule is CN(CCCNC/C=C/C(=O)O)C1CCCCC1. The number of aliphatic carboxylic acids is 1. The molecule has 0 aromatic heterocycles. The van der Waals surface area contributed by atoms with Gasteiger partial charge in [-0.2, -0.15) is 0 Å². The second kappa shape index (κ2) is 9.11. The minimum absolute atomic E-state index is 0.638. The molecule has 18 heavy (non-hydrogen) atoms.